The fraction of sp³-hybridized carbons (Fsp3) is 0.533. The largest absolute Gasteiger partial charge is 0.338 e. The highest BCUT2D eigenvalue weighted by Crippen LogP contribution is 2.45. The number of amides is 1. The average Bonchev–Trinajstić information content (AvgIpc) is 2.95. The number of carbonyl (C=O) groups excluding carboxylic acids is 1. The summed E-state index contributed by atoms with van der Waals surface area (Å²) in [6, 6.07) is 8.10. The topological polar surface area (TPSA) is 20.3 Å². The molecule has 2 nitrogen and oxygen atoms in total. The molecule has 0 aromatic heterocycles. The van der Waals surface area contributed by atoms with Crippen LogP contribution in [0.3, 0.4) is 0 Å². The molecule has 0 spiro atoms. The molecule has 2 atom stereocenters. The number of fused-ring (bicyclic) bond motifs is 1. The molecule has 1 aromatic rings. The number of carbonyl (C=O) groups is 1. The minimum absolute atomic E-state index is 0.215. The molecule has 90 valence electrons. The molecular formula is C15H19NO. The van der Waals surface area contributed by atoms with Crippen LogP contribution in [0.25, 0.3) is 0 Å². The molecule has 17 heavy (non-hydrogen) atoms. The van der Waals surface area contributed by atoms with E-state index in [1.165, 1.54) is 12.0 Å². The van der Waals surface area contributed by atoms with Crippen LogP contribution >= 0.6 is 0 Å². The van der Waals surface area contributed by atoms with E-state index >= 15 is 0 Å². The van der Waals surface area contributed by atoms with Gasteiger partial charge < -0.3 is 4.90 Å². The summed E-state index contributed by atoms with van der Waals surface area (Å²) in [6.45, 7) is 6.31. The van der Waals surface area contributed by atoms with Crippen LogP contribution in [0, 0.1) is 11.8 Å². The molecule has 1 aliphatic carbocycles. The summed E-state index contributed by atoms with van der Waals surface area (Å²) >= 11 is 0. The Bertz CT molecular complexity index is 425. The van der Waals surface area contributed by atoms with Crippen molar-refractivity contribution >= 4 is 5.91 Å². The lowest BCUT2D eigenvalue weighted by molar-refractivity contribution is 0.0775. The monoisotopic (exact) mass is 229 g/mol. The average molecular weight is 229 g/mol. The second-order valence-electron chi connectivity index (χ2n) is 5.74. The van der Waals surface area contributed by atoms with Gasteiger partial charge in [-0.2, -0.15) is 0 Å². The first-order chi connectivity index (χ1) is 8.15. The molecule has 2 unspecified atom stereocenters. The van der Waals surface area contributed by atoms with E-state index in [0.717, 1.165) is 30.5 Å². The third-order valence-corrected chi connectivity index (χ3v) is 4.09. The van der Waals surface area contributed by atoms with Crippen molar-refractivity contribution in [3.05, 3.63) is 35.4 Å². The minimum atomic E-state index is 0.215. The summed E-state index contributed by atoms with van der Waals surface area (Å²) in [5.41, 5.74) is 2.14. The van der Waals surface area contributed by atoms with E-state index < -0.39 is 0 Å². The molecule has 0 bridgehead atoms. The molecule has 1 saturated carbocycles. The van der Waals surface area contributed by atoms with Crippen molar-refractivity contribution in [2.75, 3.05) is 13.1 Å². The van der Waals surface area contributed by atoms with Gasteiger partial charge in [-0.15, -0.1) is 0 Å². The summed E-state index contributed by atoms with van der Waals surface area (Å²) in [4.78, 5) is 14.2. The molecule has 1 saturated heterocycles. The number of benzene rings is 1. The molecule has 1 aromatic carbocycles. The van der Waals surface area contributed by atoms with Crippen molar-refractivity contribution in [3.63, 3.8) is 0 Å². The van der Waals surface area contributed by atoms with E-state index in [9.17, 15) is 4.79 Å². The maximum Gasteiger partial charge on any atom is 0.253 e. The molecule has 0 radical (unpaired) electrons. The molecule has 0 N–H and O–H groups in total. The Hall–Kier alpha value is -1.31. The predicted octanol–water partition coefficient (Wildman–Crippen LogP) is 2.90. The number of hydrogen-bond acceptors (Lipinski definition) is 1. The van der Waals surface area contributed by atoms with Gasteiger partial charge in [0.05, 0.1) is 0 Å². The van der Waals surface area contributed by atoms with Crippen LogP contribution in [0.15, 0.2) is 24.3 Å². The van der Waals surface area contributed by atoms with Gasteiger partial charge in [-0.1, -0.05) is 26.0 Å². The van der Waals surface area contributed by atoms with Gasteiger partial charge in [-0.3, -0.25) is 4.79 Å². The van der Waals surface area contributed by atoms with Gasteiger partial charge >= 0.3 is 0 Å². The molecule has 1 aliphatic heterocycles. The van der Waals surface area contributed by atoms with E-state index in [-0.39, 0.29) is 5.91 Å². The lowest BCUT2D eigenvalue weighted by Crippen LogP contribution is -2.30. The van der Waals surface area contributed by atoms with Gasteiger partial charge in [0.15, 0.2) is 0 Å². The van der Waals surface area contributed by atoms with E-state index in [1.54, 1.807) is 0 Å². The highest BCUT2D eigenvalue weighted by atomic mass is 16.2. The van der Waals surface area contributed by atoms with Crippen molar-refractivity contribution in [1.82, 2.24) is 4.90 Å². The number of rotatable bonds is 2. The normalized spacial score (nSPS) is 26.2. The highest BCUT2D eigenvalue weighted by molar-refractivity contribution is 5.94. The van der Waals surface area contributed by atoms with Crippen LogP contribution in [0.2, 0.25) is 0 Å². The Labute approximate surface area is 103 Å². The summed E-state index contributed by atoms with van der Waals surface area (Å²) in [6.07, 6.45) is 1.34. The SMILES string of the molecule is CC(C)c1ccc(C(=O)N2CC3CC3C2)cc1. The van der Waals surface area contributed by atoms with Crippen LogP contribution in [0.4, 0.5) is 0 Å². The fourth-order valence-corrected chi connectivity index (χ4v) is 2.76. The van der Waals surface area contributed by atoms with Gasteiger partial charge in [0.2, 0.25) is 0 Å². The Balaban J connectivity index is 1.72. The van der Waals surface area contributed by atoms with Gasteiger partial charge in [0.1, 0.15) is 0 Å². The molecule has 1 amide bonds. The van der Waals surface area contributed by atoms with Crippen molar-refractivity contribution in [1.29, 1.82) is 0 Å². The van der Waals surface area contributed by atoms with Gasteiger partial charge in [0.25, 0.3) is 5.91 Å². The van der Waals surface area contributed by atoms with E-state index in [0.29, 0.717) is 5.92 Å². The Morgan fingerprint density at radius 3 is 2.29 bits per heavy atom. The Kier molecular flexibility index (Phi) is 2.46. The van der Waals surface area contributed by atoms with Crippen LogP contribution in [-0.2, 0) is 0 Å². The van der Waals surface area contributed by atoms with E-state index in [1.807, 2.05) is 17.0 Å². The van der Waals surface area contributed by atoms with Crippen LogP contribution in [0.1, 0.15) is 42.1 Å². The molecule has 3 rings (SSSR count). The maximum absolute atomic E-state index is 12.2. The molecule has 2 fully saturated rings. The second kappa shape index (κ2) is 3.86. The zero-order valence-electron chi connectivity index (χ0n) is 10.5. The zero-order valence-corrected chi connectivity index (χ0v) is 10.5. The smallest absolute Gasteiger partial charge is 0.253 e. The quantitative estimate of drug-likeness (QED) is 0.763. The first-order valence-corrected chi connectivity index (χ1v) is 6.54. The summed E-state index contributed by atoms with van der Waals surface area (Å²) < 4.78 is 0. The minimum Gasteiger partial charge on any atom is -0.338 e. The first kappa shape index (κ1) is 10.8. The summed E-state index contributed by atoms with van der Waals surface area (Å²) in [5.74, 6) is 2.37. The third kappa shape index (κ3) is 1.97. The summed E-state index contributed by atoms with van der Waals surface area (Å²) in [5, 5.41) is 0. The molecular weight excluding hydrogens is 210 g/mol. The standard InChI is InChI=1S/C15H19NO/c1-10(2)11-3-5-12(6-4-11)15(17)16-8-13-7-14(13)9-16/h3-6,10,13-14H,7-9H2,1-2H3. The molecule has 2 aliphatic rings. The molecule has 2 heteroatoms. The lowest BCUT2D eigenvalue weighted by Gasteiger charge is -2.18. The highest BCUT2D eigenvalue weighted by Gasteiger charge is 2.46. The van der Waals surface area contributed by atoms with Crippen molar-refractivity contribution < 1.29 is 4.79 Å². The number of piperidine rings is 1. The zero-order chi connectivity index (χ0) is 12.0. The lowest BCUT2D eigenvalue weighted by atomic mass is 10.0. The third-order valence-electron chi connectivity index (χ3n) is 4.09. The Morgan fingerprint density at radius 1 is 1.18 bits per heavy atom. The van der Waals surface area contributed by atoms with Crippen molar-refractivity contribution in [2.24, 2.45) is 11.8 Å². The van der Waals surface area contributed by atoms with Crippen LogP contribution in [0.5, 0.6) is 0 Å². The maximum atomic E-state index is 12.2. The predicted molar refractivity (Wildman–Crippen MR) is 68.0 cm³/mol. The van der Waals surface area contributed by atoms with E-state index in [2.05, 4.69) is 26.0 Å². The fourth-order valence-electron chi connectivity index (χ4n) is 2.76. The van der Waals surface area contributed by atoms with Gasteiger partial charge in [-0.05, 0) is 41.9 Å². The van der Waals surface area contributed by atoms with Crippen LogP contribution < -0.4 is 0 Å². The van der Waals surface area contributed by atoms with E-state index in [4.69, 9.17) is 0 Å². The van der Waals surface area contributed by atoms with Crippen molar-refractivity contribution in [3.8, 4) is 0 Å². The van der Waals surface area contributed by atoms with Gasteiger partial charge in [-0.25, -0.2) is 0 Å². The first-order valence-electron chi connectivity index (χ1n) is 6.54. The second-order valence-corrected chi connectivity index (χ2v) is 5.74. The number of hydrogen-bond donors (Lipinski definition) is 0. The molecule has 1 heterocycles. The Morgan fingerprint density at radius 2 is 1.76 bits per heavy atom. The van der Waals surface area contributed by atoms with Crippen LogP contribution in [-0.4, -0.2) is 23.9 Å². The van der Waals surface area contributed by atoms with Crippen molar-refractivity contribution in [2.45, 2.75) is 26.2 Å². The number of likely N-dealkylation sites (tertiary alicyclic amines) is 1. The number of nitrogens with zero attached hydrogens (tertiary/aromatic N) is 1. The summed E-state index contributed by atoms with van der Waals surface area (Å²) in [7, 11) is 0. The van der Waals surface area contributed by atoms with Gasteiger partial charge in [0, 0.05) is 18.7 Å².